The molecule has 0 unspecified atom stereocenters. The number of rotatable bonds is 6. The first-order valence-corrected chi connectivity index (χ1v) is 9.27. The third-order valence-electron chi connectivity index (χ3n) is 3.41. The summed E-state index contributed by atoms with van der Waals surface area (Å²) in [6, 6.07) is 0. The van der Waals surface area contributed by atoms with E-state index in [2.05, 4.69) is 4.74 Å². The summed E-state index contributed by atoms with van der Waals surface area (Å²) in [6.45, 7) is 5.24. The second-order valence-corrected chi connectivity index (χ2v) is 8.21. The lowest BCUT2D eigenvalue weighted by atomic mass is 9.92. The van der Waals surface area contributed by atoms with Crippen LogP contribution in [0.5, 0.6) is 0 Å². The largest absolute Gasteiger partial charge is 0.427 e. The minimum Gasteiger partial charge on any atom is -0.427 e. The lowest BCUT2D eigenvalue weighted by molar-refractivity contribution is -0.182. The van der Waals surface area contributed by atoms with E-state index in [-0.39, 0.29) is 18.1 Å². The Hall–Kier alpha value is -1.94. The molecule has 2 amide bonds. The van der Waals surface area contributed by atoms with Gasteiger partial charge >= 0.3 is 17.8 Å². The van der Waals surface area contributed by atoms with Gasteiger partial charge in [0.15, 0.2) is 0 Å². The van der Waals surface area contributed by atoms with Crippen LogP contribution < -0.4 is 0 Å². The summed E-state index contributed by atoms with van der Waals surface area (Å²) < 4.78 is 9.27. The molecule has 1 aliphatic heterocycles. The fourth-order valence-electron chi connectivity index (χ4n) is 2.05. The van der Waals surface area contributed by atoms with E-state index in [0.717, 1.165) is 0 Å². The Labute approximate surface area is 165 Å². The molecule has 0 bridgehead atoms. The van der Waals surface area contributed by atoms with Gasteiger partial charge in [0.2, 0.25) is 17.8 Å². The highest BCUT2D eigenvalue weighted by molar-refractivity contribution is 8.14. The van der Waals surface area contributed by atoms with Crippen LogP contribution >= 0.6 is 23.4 Å². The molecule has 27 heavy (non-hydrogen) atoms. The molecule has 11 heteroatoms. The Bertz CT molecular complexity index is 672. The van der Waals surface area contributed by atoms with Crippen LogP contribution in [0.1, 0.15) is 34.1 Å². The molecule has 1 rings (SSSR count). The van der Waals surface area contributed by atoms with Crippen molar-refractivity contribution in [3.8, 4) is 0 Å². The maximum atomic E-state index is 12.2. The Kier molecular flexibility index (Phi) is 7.97. The summed E-state index contributed by atoms with van der Waals surface area (Å²) in [6.07, 6.45) is -0.173. The van der Waals surface area contributed by atoms with Crippen LogP contribution in [-0.2, 0) is 38.2 Å². The van der Waals surface area contributed by atoms with E-state index in [4.69, 9.17) is 16.3 Å². The highest BCUT2D eigenvalue weighted by Crippen LogP contribution is 2.38. The number of Topliss-reactive ketones (excluding diaryl/α,β-unsaturated/α-hetero) is 1. The number of carbonyl (C=O) groups excluding carboxylic acids is 6. The van der Waals surface area contributed by atoms with Crippen molar-refractivity contribution in [2.45, 2.75) is 39.5 Å². The number of hydrogen-bond acceptors (Lipinski definition) is 9. The highest BCUT2D eigenvalue weighted by atomic mass is 35.5. The first-order valence-electron chi connectivity index (χ1n) is 7.86. The summed E-state index contributed by atoms with van der Waals surface area (Å²) in [5, 5.41) is -1.54. The molecule has 0 aromatic rings. The van der Waals surface area contributed by atoms with E-state index in [1.807, 2.05) is 0 Å². The van der Waals surface area contributed by atoms with E-state index in [0.29, 0.717) is 16.7 Å². The number of β-lactam (4-membered cyclic amide) rings is 1. The van der Waals surface area contributed by atoms with Crippen molar-refractivity contribution in [3.05, 3.63) is 0 Å². The van der Waals surface area contributed by atoms with Crippen molar-refractivity contribution < 1.29 is 38.2 Å². The number of imide groups is 1. The van der Waals surface area contributed by atoms with Crippen molar-refractivity contribution >= 4 is 58.0 Å². The zero-order valence-electron chi connectivity index (χ0n) is 15.3. The van der Waals surface area contributed by atoms with E-state index in [1.54, 1.807) is 20.8 Å². The zero-order chi connectivity index (χ0) is 20.9. The number of ketones is 1. The molecule has 0 aliphatic carbocycles. The number of alkyl halides is 1. The van der Waals surface area contributed by atoms with Crippen molar-refractivity contribution in [1.82, 2.24) is 4.90 Å². The molecule has 1 fully saturated rings. The molecule has 0 saturated carbocycles. The first-order chi connectivity index (χ1) is 12.4. The van der Waals surface area contributed by atoms with Gasteiger partial charge in [-0.05, 0) is 27.7 Å². The van der Waals surface area contributed by atoms with Gasteiger partial charge in [-0.2, -0.15) is 0 Å². The van der Waals surface area contributed by atoms with Crippen LogP contribution in [0.25, 0.3) is 0 Å². The molecule has 2 atom stereocenters. The van der Waals surface area contributed by atoms with Crippen molar-refractivity contribution in [2.24, 2.45) is 11.3 Å². The second-order valence-electron chi connectivity index (χ2n) is 6.77. The van der Waals surface area contributed by atoms with Crippen LogP contribution in [0.4, 0.5) is 0 Å². The van der Waals surface area contributed by atoms with Crippen molar-refractivity contribution in [2.75, 3.05) is 12.7 Å². The van der Waals surface area contributed by atoms with Gasteiger partial charge in [0.05, 0.1) is 17.2 Å². The van der Waals surface area contributed by atoms with Gasteiger partial charge in [0.25, 0.3) is 0 Å². The summed E-state index contributed by atoms with van der Waals surface area (Å²) in [4.78, 5) is 71.1. The molecule has 0 spiro atoms. The second kappa shape index (κ2) is 9.32. The molecule has 0 aromatic carbocycles. The number of nitrogens with zero attached hydrogens (tertiary/aromatic N) is 1. The van der Waals surface area contributed by atoms with Gasteiger partial charge in [-0.3, -0.25) is 24.1 Å². The van der Waals surface area contributed by atoms with E-state index < -0.39 is 52.4 Å². The van der Waals surface area contributed by atoms with Gasteiger partial charge in [0, 0.05) is 6.42 Å². The molecule has 0 aromatic heterocycles. The number of halogens is 1. The number of likely N-dealkylation sites (tertiary alicyclic amines) is 1. The molecule has 9 nitrogen and oxygen atoms in total. The summed E-state index contributed by atoms with van der Waals surface area (Å²) >= 11 is 6.02. The smallest absolute Gasteiger partial charge is 0.400 e. The van der Waals surface area contributed by atoms with Crippen LogP contribution in [0.3, 0.4) is 0 Å². The van der Waals surface area contributed by atoms with E-state index >= 15 is 0 Å². The average Bonchev–Trinajstić information content (AvgIpc) is 2.57. The first kappa shape index (κ1) is 23.1. The fourth-order valence-corrected chi connectivity index (χ4v) is 3.25. The molecule has 1 aliphatic rings. The Morgan fingerprint density at radius 3 is 2.22 bits per heavy atom. The third-order valence-corrected chi connectivity index (χ3v) is 5.00. The van der Waals surface area contributed by atoms with Gasteiger partial charge in [-0.15, -0.1) is 11.6 Å². The maximum absolute atomic E-state index is 12.2. The number of amides is 2. The zero-order valence-corrected chi connectivity index (χ0v) is 16.8. The molecule has 0 radical (unpaired) electrons. The van der Waals surface area contributed by atoms with Gasteiger partial charge < -0.3 is 14.3 Å². The average molecular weight is 422 g/mol. The van der Waals surface area contributed by atoms with Gasteiger partial charge in [-0.1, -0.05) is 11.8 Å². The summed E-state index contributed by atoms with van der Waals surface area (Å²) in [5.41, 5.74) is -0.826. The number of carbonyl (C=O) groups is 6. The van der Waals surface area contributed by atoms with E-state index in [1.165, 1.54) is 6.92 Å². The number of thioether (sulfide) groups is 1. The minimum absolute atomic E-state index is 0.173. The number of hydrogen-bond donors (Lipinski definition) is 0. The maximum Gasteiger partial charge on any atom is 0.400 e. The molecule has 1 saturated heterocycles. The standard InChI is InChI=1S/C16H20ClNO8S/c1-8(19)5-9-11(21)18(13(9)27-10(20)6-17)12(22)14(23)25-7-26-15(24)16(2,3)4/h9,13H,5-7H2,1-4H3/t9-,13+/m0/s1. The normalized spacial score (nSPS) is 19.1. The predicted molar refractivity (Wildman–Crippen MR) is 94.3 cm³/mol. The predicted octanol–water partition coefficient (Wildman–Crippen LogP) is 0.865. The lowest BCUT2D eigenvalue weighted by Crippen LogP contribution is -2.64. The molecule has 150 valence electrons. The number of esters is 2. The van der Waals surface area contributed by atoms with Crippen LogP contribution in [-0.4, -0.2) is 57.6 Å². The van der Waals surface area contributed by atoms with Crippen LogP contribution in [0.2, 0.25) is 0 Å². The topological polar surface area (TPSA) is 124 Å². The molecular formula is C16H20ClNO8S. The quantitative estimate of drug-likeness (QED) is 0.202. The Morgan fingerprint density at radius 2 is 1.74 bits per heavy atom. The summed E-state index contributed by atoms with van der Waals surface area (Å²) in [5.74, 6) is -5.72. The van der Waals surface area contributed by atoms with Crippen molar-refractivity contribution in [1.29, 1.82) is 0 Å². The molecule has 1 heterocycles. The highest BCUT2D eigenvalue weighted by Gasteiger charge is 2.54. The van der Waals surface area contributed by atoms with E-state index in [9.17, 15) is 28.8 Å². The number of ether oxygens (including phenoxy) is 2. The fraction of sp³-hybridized carbons (Fsp3) is 0.625. The SMILES string of the molecule is CC(=O)C[C@H]1C(=O)N(C(=O)C(=O)OCOC(=O)C(C)(C)C)[C@@H]1SC(=O)CCl. The summed E-state index contributed by atoms with van der Waals surface area (Å²) in [7, 11) is 0. The molecular weight excluding hydrogens is 402 g/mol. The molecule has 0 N–H and O–H groups in total. The Morgan fingerprint density at radius 1 is 1.15 bits per heavy atom. The van der Waals surface area contributed by atoms with Gasteiger partial charge in [0.1, 0.15) is 11.2 Å². The van der Waals surface area contributed by atoms with Crippen molar-refractivity contribution in [3.63, 3.8) is 0 Å². The monoisotopic (exact) mass is 421 g/mol. The third kappa shape index (κ3) is 6.03. The minimum atomic E-state index is -1.42. The lowest BCUT2D eigenvalue weighted by Gasteiger charge is -2.43. The van der Waals surface area contributed by atoms with Crippen LogP contribution in [0, 0.1) is 11.3 Å². The Balaban J connectivity index is 2.73. The van der Waals surface area contributed by atoms with Crippen LogP contribution in [0.15, 0.2) is 0 Å². The van der Waals surface area contributed by atoms with Gasteiger partial charge in [-0.25, -0.2) is 4.79 Å².